The Bertz CT molecular complexity index is 889. The van der Waals surface area contributed by atoms with Gasteiger partial charge in [-0.2, -0.15) is 10.1 Å². The SMILES string of the molecule is CC1Sc2nc(-c3cccc(Br)c3)nn2N=C1c1ccccc1. The molecule has 0 spiro atoms. The van der Waals surface area contributed by atoms with E-state index in [1.54, 1.807) is 16.6 Å². The fourth-order valence-electron chi connectivity index (χ4n) is 2.48. The van der Waals surface area contributed by atoms with Crippen molar-refractivity contribution in [2.24, 2.45) is 5.10 Å². The molecule has 0 saturated carbocycles. The minimum absolute atomic E-state index is 0.240. The molecule has 4 rings (SSSR count). The fourth-order valence-corrected chi connectivity index (χ4v) is 3.80. The molecule has 0 aliphatic carbocycles. The number of fused-ring (bicyclic) bond motifs is 1. The zero-order valence-electron chi connectivity index (χ0n) is 12.3. The highest BCUT2D eigenvalue weighted by atomic mass is 79.9. The molecule has 114 valence electrons. The van der Waals surface area contributed by atoms with E-state index in [0.29, 0.717) is 5.82 Å². The number of hydrogen-bond donors (Lipinski definition) is 0. The number of aromatic nitrogens is 3. The molecule has 0 saturated heterocycles. The number of hydrogen-bond acceptors (Lipinski definition) is 4. The van der Waals surface area contributed by atoms with Crippen LogP contribution in [0.1, 0.15) is 12.5 Å². The van der Waals surface area contributed by atoms with E-state index in [2.05, 4.69) is 45.1 Å². The van der Waals surface area contributed by atoms with Crippen LogP contribution in [0.3, 0.4) is 0 Å². The van der Waals surface area contributed by atoms with Crippen molar-refractivity contribution in [3.05, 3.63) is 64.6 Å². The van der Waals surface area contributed by atoms with Crippen molar-refractivity contribution in [3.8, 4) is 11.4 Å². The molecule has 1 aliphatic heterocycles. The molecule has 2 heterocycles. The van der Waals surface area contributed by atoms with Crippen LogP contribution < -0.4 is 0 Å². The second-order valence-electron chi connectivity index (χ2n) is 5.23. The molecular weight excluding hydrogens is 372 g/mol. The number of rotatable bonds is 2. The fraction of sp³-hybridized carbons (Fsp3) is 0.118. The molecule has 3 aromatic rings. The Morgan fingerprint density at radius 3 is 2.61 bits per heavy atom. The normalized spacial score (nSPS) is 16.8. The molecule has 0 fully saturated rings. The highest BCUT2D eigenvalue weighted by molar-refractivity contribution is 9.10. The molecule has 0 N–H and O–H groups in total. The largest absolute Gasteiger partial charge is 0.211 e. The number of halogens is 1. The summed E-state index contributed by atoms with van der Waals surface area (Å²) in [6.07, 6.45) is 0. The van der Waals surface area contributed by atoms with E-state index in [-0.39, 0.29) is 5.25 Å². The van der Waals surface area contributed by atoms with E-state index in [1.165, 1.54) is 0 Å². The van der Waals surface area contributed by atoms with E-state index in [9.17, 15) is 0 Å². The highest BCUT2D eigenvalue weighted by Gasteiger charge is 2.25. The summed E-state index contributed by atoms with van der Waals surface area (Å²) in [7, 11) is 0. The Hall–Kier alpha value is -1.92. The third-order valence-electron chi connectivity index (χ3n) is 3.58. The van der Waals surface area contributed by atoms with Crippen LogP contribution in [-0.2, 0) is 0 Å². The van der Waals surface area contributed by atoms with Gasteiger partial charge in [0.25, 0.3) is 0 Å². The van der Waals surface area contributed by atoms with Gasteiger partial charge in [-0.1, -0.05) is 70.2 Å². The van der Waals surface area contributed by atoms with E-state index in [4.69, 9.17) is 5.10 Å². The van der Waals surface area contributed by atoms with Gasteiger partial charge in [-0.15, -0.1) is 9.89 Å². The second kappa shape index (κ2) is 5.94. The first-order valence-corrected chi connectivity index (χ1v) is 8.92. The highest BCUT2D eigenvalue weighted by Crippen LogP contribution is 2.31. The lowest BCUT2D eigenvalue weighted by molar-refractivity contribution is 0.654. The van der Waals surface area contributed by atoms with Gasteiger partial charge in [-0.05, 0) is 24.6 Å². The summed E-state index contributed by atoms with van der Waals surface area (Å²) in [4.78, 5) is 6.27. The summed E-state index contributed by atoms with van der Waals surface area (Å²) in [6.45, 7) is 2.15. The van der Waals surface area contributed by atoms with Crippen LogP contribution >= 0.6 is 27.7 Å². The average Bonchev–Trinajstić information content (AvgIpc) is 2.98. The second-order valence-corrected chi connectivity index (χ2v) is 7.45. The average molecular weight is 385 g/mol. The maximum Gasteiger partial charge on any atom is 0.211 e. The standard InChI is InChI=1S/C17H13BrN4S/c1-11-15(12-6-3-2-4-7-12)20-22-17(23-11)19-16(21-22)13-8-5-9-14(18)10-13/h2-11H,1H3. The Morgan fingerprint density at radius 1 is 1.04 bits per heavy atom. The van der Waals surface area contributed by atoms with Gasteiger partial charge >= 0.3 is 0 Å². The van der Waals surface area contributed by atoms with Gasteiger partial charge in [0.15, 0.2) is 5.82 Å². The number of benzene rings is 2. The van der Waals surface area contributed by atoms with E-state index in [0.717, 1.165) is 26.5 Å². The minimum atomic E-state index is 0.240. The van der Waals surface area contributed by atoms with Gasteiger partial charge in [0.2, 0.25) is 5.16 Å². The third-order valence-corrected chi connectivity index (χ3v) is 5.12. The van der Waals surface area contributed by atoms with Crippen molar-refractivity contribution in [3.63, 3.8) is 0 Å². The van der Waals surface area contributed by atoms with Crippen molar-refractivity contribution in [2.75, 3.05) is 0 Å². The van der Waals surface area contributed by atoms with Crippen molar-refractivity contribution in [2.45, 2.75) is 17.3 Å². The molecule has 1 unspecified atom stereocenters. The summed E-state index contributed by atoms with van der Waals surface area (Å²) in [6, 6.07) is 18.2. The van der Waals surface area contributed by atoms with Crippen molar-refractivity contribution < 1.29 is 0 Å². The van der Waals surface area contributed by atoms with Crippen molar-refractivity contribution in [1.29, 1.82) is 0 Å². The van der Waals surface area contributed by atoms with Crippen LogP contribution in [0.4, 0.5) is 0 Å². The molecular formula is C17H13BrN4S. The third kappa shape index (κ3) is 2.84. The maximum absolute atomic E-state index is 4.69. The quantitative estimate of drug-likeness (QED) is 0.655. The first-order valence-electron chi connectivity index (χ1n) is 7.24. The van der Waals surface area contributed by atoms with Crippen LogP contribution in [0.5, 0.6) is 0 Å². The lowest BCUT2D eigenvalue weighted by Crippen LogP contribution is -2.21. The maximum atomic E-state index is 4.69. The van der Waals surface area contributed by atoms with E-state index in [1.807, 2.05) is 42.5 Å². The molecule has 6 heteroatoms. The van der Waals surface area contributed by atoms with Crippen molar-refractivity contribution in [1.82, 2.24) is 14.9 Å². The molecule has 1 atom stereocenters. The first kappa shape index (κ1) is 14.7. The van der Waals surface area contributed by atoms with Gasteiger partial charge in [0.05, 0.1) is 11.0 Å². The summed E-state index contributed by atoms with van der Waals surface area (Å²) < 4.78 is 1.01. The zero-order valence-corrected chi connectivity index (χ0v) is 14.8. The first-order chi connectivity index (χ1) is 11.2. The lowest BCUT2D eigenvalue weighted by Gasteiger charge is -2.18. The smallest absolute Gasteiger partial charge is 0.199 e. The van der Waals surface area contributed by atoms with Gasteiger partial charge in [0.1, 0.15) is 0 Å². The van der Waals surface area contributed by atoms with Crippen LogP contribution in [0.2, 0.25) is 0 Å². The molecule has 0 bridgehead atoms. The van der Waals surface area contributed by atoms with Gasteiger partial charge in [0, 0.05) is 10.0 Å². The zero-order chi connectivity index (χ0) is 15.8. The molecule has 0 radical (unpaired) electrons. The molecule has 23 heavy (non-hydrogen) atoms. The Morgan fingerprint density at radius 2 is 1.83 bits per heavy atom. The molecule has 1 aromatic heterocycles. The minimum Gasteiger partial charge on any atom is -0.199 e. The Kier molecular flexibility index (Phi) is 3.79. The van der Waals surface area contributed by atoms with Crippen LogP contribution in [0.15, 0.2) is 69.3 Å². The van der Waals surface area contributed by atoms with Crippen LogP contribution in [-0.4, -0.2) is 25.8 Å². The van der Waals surface area contributed by atoms with Crippen molar-refractivity contribution >= 4 is 33.4 Å². The summed E-state index contributed by atoms with van der Waals surface area (Å²) in [5.41, 5.74) is 3.12. The number of nitrogens with zero attached hydrogens (tertiary/aromatic N) is 4. The summed E-state index contributed by atoms with van der Waals surface area (Å²) in [5.74, 6) is 0.694. The lowest BCUT2D eigenvalue weighted by atomic mass is 10.1. The predicted molar refractivity (Wildman–Crippen MR) is 96.9 cm³/mol. The molecule has 0 amide bonds. The van der Waals surface area contributed by atoms with Gasteiger partial charge in [-0.25, -0.2) is 0 Å². The Balaban J connectivity index is 1.77. The summed E-state index contributed by atoms with van der Waals surface area (Å²) >= 11 is 5.17. The molecule has 2 aromatic carbocycles. The monoisotopic (exact) mass is 384 g/mol. The van der Waals surface area contributed by atoms with E-state index < -0.39 is 0 Å². The number of thioether (sulfide) groups is 1. The van der Waals surface area contributed by atoms with E-state index >= 15 is 0 Å². The molecule has 4 nitrogen and oxygen atoms in total. The topological polar surface area (TPSA) is 43.1 Å². The van der Waals surface area contributed by atoms with Gasteiger partial charge in [-0.3, -0.25) is 0 Å². The predicted octanol–water partition coefficient (Wildman–Crippen LogP) is 4.45. The van der Waals surface area contributed by atoms with Gasteiger partial charge < -0.3 is 0 Å². The Labute approximate surface area is 146 Å². The summed E-state index contributed by atoms with van der Waals surface area (Å²) in [5, 5.41) is 10.3. The van der Waals surface area contributed by atoms with Crippen LogP contribution in [0.25, 0.3) is 11.4 Å². The van der Waals surface area contributed by atoms with Crippen LogP contribution in [0, 0.1) is 0 Å². The molecule has 1 aliphatic rings.